The van der Waals surface area contributed by atoms with Crippen molar-refractivity contribution in [2.45, 2.75) is 19.5 Å². The fourth-order valence-corrected chi connectivity index (χ4v) is 2.17. The first-order chi connectivity index (χ1) is 10.1. The molecule has 0 saturated heterocycles. The van der Waals surface area contributed by atoms with Crippen LogP contribution >= 0.6 is 0 Å². The van der Waals surface area contributed by atoms with Crippen molar-refractivity contribution in [3.63, 3.8) is 0 Å². The number of hydrogen-bond acceptors (Lipinski definition) is 3. The summed E-state index contributed by atoms with van der Waals surface area (Å²) in [4.78, 5) is 0. The van der Waals surface area contributed by atoms with Crippen molar-refractivity contribution in [1.82, 2.24) is 19.9 Å². The van der Waals surface area contributed by atoms with Crippen LogP contribution in [0, 0.1) is 11.6 Å². The highest BCUT2D eigenvalue weighted by Crippen LogP contribution is 2.14. The second kappa shape index (κ2) is 5.57. The smallest absolute Gasteiger partial charge is 0.160 e. The Morgan fingerprint density at radius 1 is 1.19 bits per heavy atom. The number of nitrogens with one attached hydrogen (secondary N) is 1. The molecular formula is C15H14F2N4. The van der Waals surface area contributed by atoms with E-state index in [1.165, 1.54) is 12.1 Å². The maximum Gasteiger partial charge on any atom is 0.160 e. The predicted molar refractivity (Wildman–Crippen MR) is 74.6 cm³/mol. The first kappa shape index (κ1) is 13.6. The number of fused-ring (bicyclic) bond motifs is 1. The summed E-state index contributed by atoms with van der Waals surface area (Å²) >= 11 is 0. The van der Waals surface area contributed by atoms with E-state index >= 15 is 0 Å². The molecule has 3 rings (SSSR count). The molecule has 0 aliphatic heterocycles. The van der Waals surface area contributed by atoms with Crippen LogP contribution in [0.2, 0.25) is 0 Å². The maximum atomic E-state index is 13.6. The van der Waals surface area contributed by atoms with Crippen molar-refractivity contribution in [2.75, 3.05) is 0 Å². The van der Waals surface area contributed by atoms with Crippen molar-refractivity contribution >= 4 is 5.65 Å². The van der Waals surface area contributed by atoms with Gasteiger partial charge in [0.2, 0.25) is 0 Å². The third-order valence-electron chi connectivity index (χ3n) is 3.34. The quantitative estimate of drug-likeness (QED) is 0.802. The van der Waals surface area contributed by atoms with Gasteiger partial charge < -0.3 is 5.32 Å². The van der Waals surface area contributed by atoms with Gasteiger partial charge in [0.15, 0.2) is 11.5 Å². The molecule has 4 nitrogen and oxygen atoms in total. The van der Waals surface area contributed by atoms with Crippen molar-refractivity contribution in [3.05, 3.63) is 65.6 Å². The van der Waals surface area contributed by atoms with Gasteiger partial charge in [-0.2, -0.15) is 0 Å². The summed E-state index contributed by atoms with van der Waals surface area (Å²) in [5.74, 6) is -0.387. The molecule has 1 atom stereocenters. The molecule has 1 aromatic carbocycles. The maximum absolute atomic E-state index is 13.6. The zero-order chi connectivity index (χ0) is 14.8. The number of halogens is 2. The summed E-state index contributed by atoms with van der Waals surface area (Å²) in [6, 6.07) is 9.10. The van der Waals surface area contributed by atoms with Gasteiger partial charge in [0.05, 0.1) is 6.04 Å². The van der Waals surface area contributed by atoms with Crippen molar-refractivity contribution < 1.29 is 8.78 Å². The Morgan fingerprint density at radius 2 is 2.05 bits per heavy atom. The van der Waals surface area contributed by atoms with E-state index in [-0.39, 0.29) is 12.6 Å². The normalized spacial score (nSPS) is 12.7. The Hall–Kier alpha value is -2.34. The fraction of sp³-hybridized carbons (Fsp3) is 0.200. The lowest BCUT2D eigenvalue weighted by Crippen LogP contribution is -2.21. The Balaban J connectivity index is 1.76. The average molecular weight is 288 g/mol. The summed E-state index contributed by atoms with van der Waals surface area (Å²) in [6.07, 6.45) is 1.88. The zero-order valence-corrected chi connectivity index (χ0v) is 11.4. The second-order valence-corrected chi connectivity index (χ2v) is 4.83. The molecule has 6 heteroatoms. The van der Waals surface area contributed by atoms with Gasteiger partial charge in [0.25, 0.3) is 0 Å². The Labute approximate surface area is 120 Å². The fourth-order valence-electron chi connectivity index (χ4n) is 2.17. The topological polar surface area (TPSA) is 42.2 Å². The molecule has 0 saturated carbocycles. The van der Waals surface area contributed by atoms with E-state index in [0.29, 0.717) is 5.56 Å². The van der Waals surface area contributed by atoms with Gasteiger partial charge in [-0.15, -0.1) is 10.2 Å². The van der Waals surface area contributed by atoms with Gasteiger partial charge in [-0.05, 0) is 25.1 Å². The highest BCUT2D eigenvalue weighted by Gasteiger charge is 2.13. The largest absolute Gasteiger partial charge is 0.303 e. The molecule has 0 bridgehead atoms. The molecule has 108 valence electrons. The number of nitrogens with zero attached hydrogens (tertiary/aromatic N) is 3. The van der Waals surface area contributed by atoms with Crippen LogP contribution in [-0.2, 0) is 6.54 Å². The summed E-state index contributed by atoms with van der Waals surface area (Å²) in [7, 11) is 0. The average Bonchev–Trinajstić information content (AvgIpc) is 2.90. The van der Waals surface area contributed by atoms with E-state index < -0.39 is 11.6 Å². The number of hydrogen-bond donors (Lipinski definition) is 1. The number of pyridine rings is 1. The molecule has 0 radical (unpaired) electrons. The minimum atomic E-state index is -0.576. The number of benzene rings is 1. The van der Waals surface area contributed by atoms with Crippen molar-refractivity contribution in [3.8, 4) is 0 Å². The predicted octanol–water partition coefficient (Wildman–Crippen LogP) is 2.86. The lowest BCUT2D eigenvalue weighted by Gasteiger charge is -2.12. The van der Waals surface area contributed by atoms with Crippen LogP contribution in [0.5, 0.6) is 0 Å². The first-order valence-electron chi connectivity index (χ1n) is 6.62. The molecule has 0 aliphatic carbocycles. The third kappa shape index (κ3) is 2.75. The van der Waals surface area contributed by atoms with Crippen LogP contribution in [-0.4, -0.2) is 14.6 Å². The zero-order valence-electron chi connectivity index (χ0n) is 11.4. The van der Waals surface area contributed by atoms with Crippen LogP contribution in [0.3, 0.4) is 0 Å². The van der Waals surface area contributed by atoms with E-state index in [0.717, 1.165) is 17.5 Å². The molecule has 1 unspecified atom stereocenters. The van der Waals surface area contributed by atoms with Gasteiger partial charge >= 0.3 is 0 Å². The minimum absolute atomic E-state index is 0.119. The van der Waals surface area contributed by atoms with Gasteiger partial charge in [0.1, 0.15) is 11.6 Å². The van der Waals surface area contributed by atoms with Gasteiger partial charge in [-0.3, -0.25) is 4.40 Å². The van der Waals surface area contributed by atoms with Crippen molar-refractivity contribution in [1.29, 1.82) is 0 Å². The lowest BCUT2D eigenvalue weighted by atomic mass is 10.2. The van der Waals surface area contributed by atoms with Crippen LogP contribution in [0.25, 0.3) is 5.65 Å². The molecule has 0 aliphatic rings. The highest BCUT2D eigenvalue weighted by molar-refractivity contribution is 5.37. The molecule has 0 amide bonds. The van der Waals surface area contributed by atoms with E-state index in [1.807, 2.05) is 35.7 Å². The molecular weight excluding hydrogens is 274 g/mol. The van der Waals surface area contributed by atoms with Crippen LogP contribution in [0.4, 0.5) is 8.78 Å². The van der Waals surface area contributed by atoms with Crippen LogP contribution in [0.1, 0.15) is 24.4 Å². The van der Waals surface area contributed by atoms with E-state index in [1.54, 1.807) is 0 Å². The van der Waals surface area contributed by atoms with Gasteiger partial charge in [0, 0.05) is 24.4 Å². The van der Waals surface area contributed by atoms with E-state index in [4.69, 9.17) is 0 Å². The monoisotopic (exact) mass is 288 g/mol. The molecule has 3 aromatic rings. The first-order valence-corrected chi connectivity index (χ1v) is 6.62. The van der Waals surface area contributed by atoms with Crippen LogP contribution < -0.4 is 5.32 Å². The lowest BCUT2D eigenvalue weighted by molar-refractivity contribution is 0.516. The molecule has 2 aromatic heterocycles. The van der Waals surface area contributed by atoms with E-state index in [2.05, 4.69) is 15.5 Å². The SMILES string of the molecule is CC(NCc1ccc(F)cc1F)c1nnc2ccccn12. The molecule has 21 heavy (non-hydrogen) atoms. The summed E-state index contributed by atoms with van der Waals surface area (Å²) in [5, 5.41) is 11.4. The Bertz CT molecular complexity index is 769. The van der Waals surface area contributed by atoms with Gasteiger partial charge in [-0.25, -0.2) is 8.78 Å². The molecule has 2 heterocycles. The highest BCUT2D eigenvalue weighted by atomic mass is 19.1. The summed E-state index contributed by atoms with van der Waals surface area (Å²) < 4.78 is 28.3. The number of aromatic nitrogens is 3. The van der Waals surface area contributed by atoms with Gasteiger partial charge in [-0.1, -0.05) is 12.1 Å². The number of rotatable bonds is 4. The molecule has 0 spiro atoms. The third-order valence-corrected chi connectivity index (χ3v) is 3.34. The minimum Gasteiger partial charge on any atom is -0.303 e. The summed E-state index contributed by atoms with van der Waals surface area (Å²) in [5.41, 5.74) is 1.17. The van der Waals surface area contributed by atoms with E-state index in [9.17, 15) is 8.78 Å². The Morgan fingerprint density at radius 3 is 2.86 bits per heavy atom. The standard InChI is InChI=1S/C15H14F2N4/c1-10(15-20-19-14-4-2-3-7-21(14)15)18-9-11-5-6-12(16)8-13(11)17/h2-8,10,18H,9H2,1H3. The molecule has 1 N–H and O–H groups in total. The molecule has 0 fully saturated rings. The van der Waals surface area contributed by atoms with Crippen LogP contribution in [0.15, 0.2) is 42.6 Å². The Kier molecular flexibility index (Phi) is 3.62. The summed E-state index contributed by atoms with van der Waals surface area (Å²) in [6.45, 7) is 2.21. The van der Waals surface area contributed by atoms with Crippen molar-refractivity contribution in [2.24, 2.45) is 0 Å². The second-order valence-electron chi connectivity index (χ2n) is 4.83.